The molecular formula is C13H14N4. The average molecular weight is 226 g/mol. The van der Waals surface area contributed by atoms with Crippen LogP contribution in [0.2, 0.25) is 0 Å². The van der Waals surface area contributed by atoms with Crippen molar-refractivity contribution >= 4 is 16.6 Å². The van der Waals surface area contributed by atoms with Gasteiger partial charge in [0.25, 0.3) is 0 Å². The van der Waals surface area contributed by atoms with Crippen molar-refractivity contribution in [2.75, 3.05) is 12.8 Å². The van der Waals surface area contributed by atoms with E-state index in [-0.39, 0.29) is 6.04 Å². The summed E-state index contributed by atoms with van der Waals surface area (Å²) in [6.45, 7) is 1.99. The van der Waals surface area contributed by atoms with E-state index >= 15 is 0 Å². The molecule has 4 nitrogen and oxygen atoms in total. The Balaban J connectivity index is 2.49. The summed E-state index contributed by atoms with van der Waals surface area (Å²) >= 11 is 0. The van der Waals surface area contributed by atoms with E-state index in [1.165, 1.54) is 0 Å². The maximum absolute atomic E-state index is 8.87. The lowest BCUT2D eigenvalue weighted by molar-refractivity contribution is 0.377. The number of nitrogens with two attached hydrogens (primary N) is 1. The predicted molar refractivity (Wildman–Crippen MR) is 67.9 cm³/mol. The van der Waals surface area contributed by atoms with Crippen LogP contribution in [0.5, 0.6) is 0 Å². The van der Waals surface area contributed by atoms with Crippen LogP contribution in [0.1, 0.15) is 18.5 Å². The van der Waals surface area contributed by atoms with Crippen LogP contribution in [0.4, 0.5) is 5.82 Å². The minimum atomic E-state index is 0.0544. The van der Waals surface area contributed by atoms with Gasteiger partial charge in [-0.2, -0.15) is 5.26 Å². The fraction of sp³-hybridized carbons (Fsp3) is 0.231. The molecular weight excluding hydrogens is 212 g/mol. The zero-order valence-corrected chi connectivity index (χ0v) is 9.88. The molecule has 0 spiro atoms. The molecule has 1 aromatic carbocycles. The first-order valence-electron chi connectivity index (χ1n) is 5.40. The summed E-state index contributed by atoms with van der Waals surface area (Å²) in [4.78, 5) is 5.66. The molecule has 0 saturated heterocycles. The number of aromatic nitrogens is 1. The Morgan fingerprint density at radius 1 is 1.41 bits per heavy atom. The van der Waals surface area contributed by atoms with Crippen molar-refractivity contribution in [3.63, 3.8) is 0 Å². The van der Waals surface area contributed by atoms with Crippen molar-refractivity contribution in [3.05, 3.63) is 36.0 Å². The largest absolute Gasteiger partial charge is 0.383 e. The van der Waals surface area contributed by atoms with Crippen LogP contribution in [0, 0.1) is 11.5 Å². The third-order valence-electron chi connectivity index (χ3n) is 3.04. The van der Waals surface area contributed by atoms with Crippen molar-refractivity contribution < 1.29 is 0 Å². The Morgan fingerprint density at radius 2 is 2.18 bits per heavy atom. The van der Waals surface area contributed by atoms with E-state index in [1.54, 1.807) is 18.1 Å². The Labute approximate surface area is 100 Å². The molecule has 2 aromatic rings. The second-order valence-electron chi connectivity index (χ2n) is 4.06. The highest BCUT2D eigenvalue weighted by atomic mass is 15.1. The predicted octanol–water partition coefficient (Wildman–Crippen LogP) is 2.29. The summed E-state index contributed by atoms with van der Waals surface area (Å²) in [5.41, 5.74) is 6.88. The standard InChI is InChI=1S/C13H14N4/c1-9(17(2)8-14)10-3-4-12-11(7-10)5-6-16-13(12)15/h3-7,9H,1-2H3,(H2,15,16). The van der Waals surface area contributed by atoms with Gasteiger partial charge in [0.2, 0.25) is 0 Å². The van der Waals surface area contributed by atoms with Crippen molar-refractivity contribution in [1.82, 2.24) is 9.88 Å². The lowest BCUT2D eigenvalue weighted by Crippen LogP contribution is -2.16. The van der Waals surface area contributed by atoms with Crippen LogP contribution in [0.3, 0.4) is 0 Å². The van der Waals surface area contributed by atoms with Gasteiger partial charge in [0, 0.05) is 18.6 Å². The molecule has 1 unspecified atom stereocenters. The molecule has 2 rings (SSSR count). The summed E-state index contributed by atoms with van der Waals surface area (Å²) in [7, 11) is 1.77. The number of benzene rings is 1. The van der Waals surface area contributed by atoms with Crippen LogP contribution in [0.25, 0.3) is 10.8 Å². The van der Waals surface area contributed by atoms with Gasteiger partial charge in [0.15, 0.2) is 6.19 Å². The zero-order chi connectivity index (χ0) is 12.4. The maximum Gasteiger partial charge on any atom is 0.179 e. The highest BCUT2D eigenvalue weighted by molar-refractivity contribution is 5.91. The van der Waals surface area contributed by atoms with Crippen LogP contribution in [-0.4, -0.2) is 16.9 Å². The van der Waals surface area contributed by atoms with Gasteiger partial charge in [-0.05, 0) is 30.0 Å². The van der Waals surface area contributed by atoms with E-state index in [0.29, 0.717) is 5.82 Å². The molecule has 2 N–H and O–H groups in total. The molecule has 0 aliphatic heterocycles. The molecule has 0 saturated carbocycles. The number of nitriles is 1. The Kier molecular flexibility index (Phi) is 2.84. The zero-order valence-electron chi connectivity index (χ0n) is 9.88. The number of anilines is 1. The maximum atomic E-state index is 8.87. The molecule has 0 fully saturated rings. The van der Waals surface area contributed by atoms with Gasteiger partial charge >= 0.3 is 0 Å². The second-order valence-corrected chi connectivity index (χ2v) is 4.06. The smallest absolute Gasteiger partial charge is 0.179 e. The van der Waals surface area contributed by atoms with Gasteiger partial charge in [-0.25, -0.2) is 4.98 Å². The van der Waals surface area contributed by atoms with Crippen molar-refractivity contribution in [2.24, 2.45) is 0 Å². The SMILES string of the molecule is CC(c1ccc2c(N)nccc2c1)N(C)C#N. The van der Waals surface area contributed by atoms with Gasteiger partial charge in [-0.3, -0.25) is 0 Å². The summed E-state index contributed by atoms with van der Waals surface area (Å²) in [6, 6.07) is 7.96. The van der Waals surface area contributed by atoms with Crippen molar-refractivity contribution in [1.29, 1.82) is 5.26 Å². The summed E-state index contributed by atoms with van der Waals surface area (Å²) in [5, 5.41) is 10.9. The van der Waals surface area contributed by atoms with E-state index in [2.05, 4.69) is 11.2 Å². The summed E-state index contributed by atoms with van der Waals surface area (Å²) < 4.78 is 0. The molecule has 1 heterocycles. The summed E-state index contributed by atoms with van der Waals surface area (Å²) in [5.74, 6) is 0.537. The number of rotatable bonds is 2. The minimum Gasteiger partial charge on any atom is -0.383 e. The van der Waals surface area contributed by atoms with Crippen LogP contribution in [-0.2, 0) is 0 Å². The number of hydrogen-bond donors (Lipinski definition) is 1. The van der Waals surface area contributed by atoms with E-state index in [9.17, 15) is 0 Å². The number of fused-ring (bicyclic) bond motifs is 1. The number of hydrogen-bond acceptors (Lipinski definition) is 4. The molecule has 1 atom stereocenters. The second kappa shape index (κ2) is 4.30. The molecule has 1 aromatic heterocycles. The Morgan fingerprint density at radius 3 is 2.88 bits per heavy atom. The van der Waals surface area contributed by atoms with Gasteiger partial charge in [-0.15, -0.1) is 0 Å². The van der Waals surface area contributed by atoms with Gasteiger partial charge in [0.05, 0.1) is 6.04 Å². The van der Waals surface area contributed by atoms with Crippen molar-refractivity contribution in [2.45, 2.75) is 13.0 Å². The molecule has 0 bridgehead atoms. The highest BCUT2D eigenvalue weighted by Crippen LogP contribution is 2.25. The fourth-order valence-electron chi connectivity index (χ4n) is 1.79. The molecule has 4 heteroatoms. The van der Waals surface area contributed by atoms with E-state index < -0.39 is 0 Å². The topological polar surface area (TPSA) is 65.9 Å². The van der Waals surface area contributed by atoms with Gasteiger partial charge in [-0.1, -0.05) is 12.1 Å². The van der Waals surface area contributed by atoms with Crippen LogP contribution in [0.15, 0.2) is 30.5 Å². The molecule has 0 amide bonds. The molecule has 0 aliphatic carbocycles. The van der Waals surface area contributed by atoms with Crippen LogP contribution < -0.4 is 5.73 Å². The number of nitrogen functional groups attached to an aromatic ring is 1. The number of nitrogens with zero attached hydrogens (tertiary/aromatic N) is 3. The van der Waals surface area contributed by atoms with Gasteiger partial charge < -0.3 is 10.6 Å². The quantitative estimate of drug-likeness (QED) is 0.630. The van der Waals surface area contributed by atoms with E-state index in [0.717, 1.165) is 16.3 Å². The summed E-state index contributed by atoms with van der Waals surface area (Å²) in [6.07, 6.45) is 3.81. The molecule has 17 heavy (non-hydrogen) atoms. The molecule has 0 radical (unpaired) electrons. The molecule has 86 valence electrons. The first kappa shape index (κ1) is 11.2. The normalized spacial score (nSPS) is 12.1. The lowest BCUT2D eigenvalue weighted by atomic mass is 10.0. The lowest BCUT2D eigenvalue weighted by Gasteiger charge is -2.19. The Hall–Kier alpha value is -2.28. The highest BCUT2D eigenvalue weighted by Gasteiger charge is 2.10. The van der Waals surface area contributed by atoms with E-state index in [1.807, 2.05) is 31.2 Å². The average Bonchev–Trinajstić information content (AvgIpc) is 2.37. The van der Waals surface area contributed by atoms with Crippen LogP contribution >= 0.6 is 0 Å². The monoisotopic (exact) mass is 226 g/mol. The molecule has 0 aliphatic rings. The third kappa shape index (κ3) is 2.00. The Bertz CT molecular complexity index is 585. The van der Waals surface area contributed by atoms with E-state index in [4.69, 9.17) is 11.0 Å². The van der Waals surface area contributed by atoms with Crippen molar-refractivity contribution in [3.8, 4) is 6.19 Å². The first-order valence-corrected chi connectivity index (χ1v) is 5.40. The minimum absolute atomic E-state index is 0.0544. The van der Waals surface area contributed by atoms with Gasteiger partial charge in [0.1, 0.15) is 5.82 Å². The number of pyridine rings is 1. The first-order chi connectivity index (χ1) is 8.13. The fourth-order valence-corrected chi connectivity index (χ4v) is 1.79. The third-order valence-corrected chi connectivity index (χ3v) is 3.04.